The number of carboxylic acids is 1. The minimum atomic E-state index is -1.45. The maximum Gasteiger partial charge on any atom is 0.326 e. The van der Waals surface area contributed by atoms with Crippen LogP contribution in [-0.4, -0.2) is 70.7 Å². The summed E-state index contributed by atoms with van der Waals surface area (Å²) in [5.41, 5.74) is 0.673. The van der Waals surface area contributed by atoms with Gasteiger partial charge in [-0.25, -0.2) is 23.0 Å². The van der Waals surface area contributed by atoms with E-state index in [-0.39, 0.29) is 53.7 Å². The first kappa shape index (κ1) is 25.1. The van der Waals surface area contributed by atoms with Gasteiger partial charge in [-0.05, 0) is 44.6 Å². The van der Waals surface area contributed by atoms with Gasteiger partial charge in [0.1, 0.15) is 23.9 Å². The van der Waals surface area contributed by atoms with Gasteiger partial charge in [0, 0.05) is 35.5 Å². The van der Waals surface area contributed by atoms with Crippen LogP contribution in [0.25, 0.3) is 11.9 Å². The highest BCUT2D eigenvalue weighted by Gasteiger charge is 2.30. The number of amides is 1. The fraction of sp³-hybridized carbons (Fsp3) is 0.520. The van der Waals surface area contributed by atoms with Crippen LogP contribution in [0.2, 0.25) is 0 Å². The Morgan fingerprint density at radius 2 is 1.97 bits per heavy atom. The molecular weight excluding hydrogens is 489 g/mol. The van der Waals surface area contributed by atoms with Crippen molar-refractivity contribution in [2.45, 2.75) is 75.4 Å². The average Bonchev–Trinajstić information content (AvgIpc) is 3.30. The minimum absolute atomic E-state index is 0.106. The second kappa shape index (κ2) is 10.4. The van der Waals surface area contributed by atoms with Crippen molar-refractivity contribution in [2.24, 2.45) is 9.98 Å². The maximum atomic E-state index is 14.8. The fourth-order valence-electron chi connectivity index (χ4n) is 5.25. The molecule has 1 saturated carbocycles. The number of nitrogens with one attached hydrogen (secondary N) is 4. The standard InChI is InChI=1S/C25H29F3N6O3/c26-12-7-15-16(10-29-21(15)17(27)8-12)22-30-11-18(28)23(34-22)31-13-3-1-4-14(9-13)32-24(35)19-5-2-6-20(33-19)25(36)37/h5,7,10,12-14,18,20,29,33H,1-4,6,8-9,11H2,(H,32,35)(H,36,37)(H,30,31,34)/t12?,13-,14+,18+,20+/m0/s1. The Morgan fingerprint density at radius 1 is 1.16 bits per heavy atom. The summed E-state index contributed by atoms with van der Waals surface area (Å²) in [5.74, 6) is -1.62. The summed E-state index contributed by atoms with van der Waals surface area (Å²) in [7, 11) is 0. The van der Waals surface area contributed by atoms with Gasteiger partial charge >= 0.3 is 5.97 Å². The zero-order chi connectivity index (χ0) is 26.1. The average molecular weight is 519 g/mol. The lowest BCUT2D eigenvalue weighted by atomic mass is 9.90. The predicted molar refractivity (Wildman–Crippen MR) is 131 cm³/mol. The van der Waals surface area contributed by atoms with Crippen LogP contribution in [0.15, 0.2) is 28.0 Å². The van der Waals surface area contributed by atoms with Crippen LogP contribution in [0, 0.1) is 0 Å². The number of rotatable bonds is 5. The Balaban J connectivity index is 1.25. The van der Waals surface area contributed by atoms with E-state index < -0.39 is 30.2 Å². The van der Waals surface area contributed by atoms with Crippen LogP contribution >= 0.6 is 0 Å². The van der Waals surface area contributed by atoms with Crippen LogP contribution < -0.4 is 26.5 Å². The first-order valence-electron chi connectivity index (χ1n) is 12.5. The Bertz CT molecular complexity index is 1300. The highest BCUT2D eigenvalue weighted by atomic mass is 19.1. The molecule has 0 bridgehead atoms. The lowest BCUT2D eigenvalue weighted by Crippen LogP contribution is -2.50. The Hall–Kier alpha value is -3.57. The van der Waals surface area contributed by atoms with E-state index in [4.69, 9.17) is 0 Å². The molecule has 1 amide bonds. The molecule has 5 atom stereocenters. The van der Waals surface area contributed by atoms with E-state index in [0.717, 1.165) is 19.3 Å². The van der Waals surface area contributed by atoms with Crippen molar-refractivity contribution in [2.75, 3.05) is 6.54 Å². The number of nitrogens with zero attached hydrogens (tertiary/aromatic N) is 2. The third-order valence-electron chi connectivity index (χ3n) is 7.12. The second-order valence-corrected chi connectivity index (χ2v) is 9.82. The van der Waals surface area contributed by atoms with Gasteiger partial charge < -0.3 is 26.0 Å². The van der Waals surface area contributed by atoms with E-state index in [2.05, 4.69) is 30.9 Å². The molecule has 9 nitrogen and oxygen atoms in total. The van der Waals surface area contributed by atoms with Crippen molar-refractivity contribution in [1.29, 1.82) is 0 Å². The Kier molecular flexibility index (Phi) is 7.07. The molecule has 0 saturated heterocycles. The monoisotopic (exact) mass is 518 g/mol. The summed E-state index contributed by atoms with van der Waals surface area (Å²) in [6.07, 6.45) is 5.06. The van der Waals surface area contributed by atoms with Gasteiger partial charge in [0.05, 0.1) is 17.6 Å². The highest BCUT2D eigenvalue weighted by molar-refractivity contribution is 6.09. The summed E-state index contributed by atoms with van der Waals surface area (Å²) < 4.78 is 42.9. The second-order valence-electron chi connectivity index (χ2n) is 9.82. The lowest BCUT2D eigenvalue weighted by Gasteiger charge is -2.33. The third kappa shape index (κ3) is 5.42. The number of alkyl halides is 2. The minimum Gasteiger partial charge on any atom is -0.480 e. The number of hydrogen-bond donors (Lipinski definition) is 5. The van der Waals surface area contributed by atoms with Crippen LogP contribution in [-0.2, 0) is 9.59 Å². The molecule has 0 radical (unpaired) electrons. The highest BCUT2D eigenvalue weighted by Crippen LogP contribution is 2.21. The van der Waals surface area contributed by atoms with E-state index in [0.29, 0.717) is 30.0 Å². The zero-order valence-corrected chi connectivity index (χ0v) is 20.1. The molecule has 2 aliphatic heterocycles. The number of aliphatic carboxylic acids is 1. The van der Waals surface area contributed by atoms with Gasteiger partial charge in [0.15, 0.2) is 12.0 Å². The number of halogens is 3. The summed E-state index contributed by atoms with van der Waals surface area (Å²) in [6.45, 7) is -0.163. The number of carbonyl (C=O) groups is 2. The van der Waals surface area contributed by atoms with Crippen molar-refractivity contribution in [3.05, 3.63) is 34.1 Å². The summed E-state index contributed by atoms with van der Waals surface area (Å²) in [5, 5.41) is 18.6. The molecule has 2 aliphatic carbocycles. The predicted octanol–water partition coefficient (Wildman–Crippen LogP) is 0.849. The van der Waals surface area contributed by atoms with Gasteiger partial charge in [-0.3, -0.25) is 9.79 Å². The molecule has 3 heterocycles. The SMILES string of the molecule is O=C(N[C@@H]1CCC[C@H](NC2=NC(c3c[nH]c4c3=CC(F)CC=4F)=NC[C@H]2F)C1)C1=CCC[C@H](C(=O)O)N1. The van der Waals surface area contributed by atoms with E-state index >= 15 is 0 Å². The van der Waals surface area contributed by atoms with E-state index in [1.807, 2.05) is 0 Å². The normalized spacial score (nSPS) is 29.5. The van der Waals surface area contributed by atoms with Crippen molar-refractivity contribution in [3.63, 3.8) is 0 Å². The molecule has 37 heavy (non-hydrogen) atoms. The molecule has 1 aromatic heterocycles. The van der Waals surface area contributed by atoms with Crippen molar-refractivity contribution < 1.29 is 27.9 Å². The number of carboxylic acid groups (broad SMARTS) is 1. The van der Waals surface area contributed by atoms with E-state index in [1.165, 1.54) is 12.3 Å². The number of carbonyl (C=O) groups excluding carboxylic acids is 1. The van der Waals surface area contributed by atoms with Gasteiger partial charge in [0.2, 0.25) is 0 Å². The van der Waals surface area contributed by atoms with Crippen molar-refractivity contribution in [3.8, 4) is 0 Å². The van der Waals surface area contributed by atoms with Gasteiger partial charge in [-0.15, -0.1) is 0 Å². The van der Waals surface area contributed by atoms with Crippen LogP contribution in [0.5, 0.6) is 0 Å². The van der Waals surface area contributed by atoms with Gasteiger partial charge in [-0.1, -0.05) is 6.08 Å². The molecule has 198 valence electrons. The van der Waals surface area contributed by atoms with Crippen LogP contribution in [0.4, 0.5) is 13.2 Å². The molecule has 0 spiro atoms. The molecule has 12 heteroatoms. The van der Waals surface area contributed by atoms with E-state index in [9.17, 15) is 27.9 Å². The van der Waals surface area contributed by atoms with Gasteiger partial charge in [-0.2, -0.15) is 0 Å². The van der Waals surface area contributed by atoms with Crippen molar-refractivity contribution >= 4 is 35.5 Å². The summed E-state index contributed by atoms with van der Waals surface area (Å²) in [4.78, 5) is 35.3. The molecule has 1 fully saturated rings. The maximum absolute atomic E-state index is 14.8. The number of fused-ring (bicyclic) bond motifs is 1. The Labute approximate surface area is 210 Å². The molecule has 4 aliphatic rings. The largest absolute Gasteiger partial charge is 0.480 e. The number of amidine groups is 2. The number of allylic oxidation sites excluding steroid dienone is 1. The molecular formula is C25H29F3N6O3. The smallest absolute Gasteiger partial charge is 0.326 e. The summed E-state index contributed by atoms with van der Waals surface area (Å²) in [6, 6.07) is -1.11. The van der Waals surface area contributed by atoms with Crippen molar-refractivity contribution in [1.82, 2.24) is 20.9 Å². The van der Waals surface area contributed by atoms with Crippen LogP contribution in [0.1, 0.15) is 50.5 Å². The first-order valence-corrected chi connectivity index (χ1v) is 12.5. The third-order valence-corrected chi connectivity index (χ3v) is 7.12. The number of aromatic nitrogens is 1. The number of aromatic amines is 1. The summed E-state index contributed by atoms with van der Waals surface area (Å²) >= 11 is 0. The topological polar surface area (TPSA) is 131 Å². The molecule has 1 unspecified atom stereocenters. The zero-order valence-electron chi connectivity index (χ0n) is 20.1. The number of aliphatic imine (C=N–C) groups is 2. The molecule has 0 aromatic carbocycles. The molecule has 1 aromatic rings. The molecule has 5 rings (SSSR count). The fourth-order valence-corrected chi connectivity index (χ4v) is 5.25. The van der Waals surface area contributed by atoms with Crippen LogP contribution in [0.3, 0.4) is 0 Å². The Morgan fingerprint density at radius 3 is 2.78 bits per heavy atom. The quantitative estimate of drug-likeness (QED) is 0.395. The first-order chi connectivity index (χ1) is 17.8. The lowest BCUT2D eigenvalue weighted by molar-refractivity contribution is -0.139. The molecule has 5 N–H and O–H groups in total. The van der Waals surface area contributed by atoms with Gasteiger partial charge in [0.25, 0.3) is 5.91 Å². The van der Waals surface area contributed by atoms with E-state index in [1.54, 1.807) is 6.08 Å². The number of H-pyrrole nitrogens is 1. The number of hydrogen-bond acceptors (Lipinski definition) is 6.